The second kappa shape index (κ2) is 6.99. The second-order valence-electron chi connectivity index (χ2n) is 3.56. The molecular formula is C9H11N7O3S2. The van der Waals surface area contributed by atoms with Crippen molar-refractivity contribution in [2.75, 3.05) is 18.5 Å². The lowest BCUT2D eigenvalue weighted by atomic mass is 10.5. The minimum atomic E-state index is -0.458. The Hall–Kier alpha value is -2.21. The number of nitrogens with two attached hydrogens (primary N) is 1. The summed E-state index contributed by atoms with van der Waals surface area (Å²) in [5.41, 5.74) is 5.43. The molecule has 2 heterocycles. The zero-order chi connectivity index (χ0) is 15.2. The zero-order valence-electron chi connectivity index (χ0n) is 10.8. The summed E-state index contributed by atoms with van der Waals surface area (Å²) < 4.78 is 5.44. The van der Waals surface area contributed by atoms with E-state index in [2.05, 4.69) is 31.0 Å². The monoisotopic (exact) mass is 329 g/mol. The highest BCUT2D eigenvalue weighted by Crippen LogP contribution is 2.22. The van der Waals surface area contributed by atoms with Gasteiger partial charge < -0.3 is 20.9 Å². The Morgan fingerprint density at radius 2 is 2.24 bits per heavy atom. The van der Waals surface area contributed by atoms with Crippen LogP contribution >= 0.6 is 23.1 Å². The number of aromatic nitrogens is 4. The number of thioether (sulfide) groups is 1. The van der Waals surface area contributed by atoms with Crippen LogP contribution in [0.25, 0.3) is 0 Å². The van der Waals surface area contributed by atoms with Crippen LogP contribution in [0, 0.1) is 0 Å². The molecular weight excluding hydrogens is 318 g/mol. The van der Waals surface area contributed by atoms with E-state index in [1.807, 2.05) is 0 Å². The Balaban J connectivity index is 1.76. The molecule has 0 unspecified atom stereocenters. The molecule has 0 atom stereocenters. The first kappa shape index (κ1) is 15.2. The Bertz CT molecular complexity index is 641. The van der Waals surface area contributed by atoms with Crippen LogP contribution in [0.5, 0.6) is 0 Å². The molecule has 2 amide bonds. The standard InChI is InChI=1S/C9H11N7O3S2/c1-11-7(18)6-13-5(19-16-6)2-12-4(17)3-20-9-15-14-8(10)21-9/h2-3H2,1H3,(H2,10,14)(H,11,18)(H,12,17). The van der Waals surface area contributed by atoms with E-state index in [-0.39, 0.29) is 29.9 Å². The van der Waals surface area contributed by atoms with Gasteiger partial charge >= 0.3 is 0 Å². The van der Waals surface area contributed by atoms with E-state index in [0.29, 0.717) is 9.47 Å². The molecule has 0 saturated carbocycles. The van der Waals surface area contributed by atoms with Gasteiger partial charge in [0.05, 0.1) is 12.3 Å². The van der Waals surface area contributed by atoms with Crippen LogP contribution in [0.2, 0.25) is 0 Å². The minimum Gasteiger partial charge on any atom is -0.374 e. The molecule has 2 aromatic heterocycles. The Morgan fingerprint density at radius 3 is 2.90 bits per heavy atom. The molecule has 0 bridgehead atoms. The van der Waals surface area contributed by atoms with Gasteiger partial charge in [0.1, 0.15) is 0 Å². The van der Waals surface area contributed by atoms with E-state index in [1.54, 1.807) is 0 Å². The smallest absolute Gasteiger partial charge is 0.292 e. The van der Waals surface area contributed by atoms with E-state index in [0.717, 1.165) is 0 Å². The maximum atomic E-state index is 11.6. The number of nitrogens with one attached hydrogen (secondary N) is 2. The topological polar surface area (TPSA) is 149 Å². The van der Waals surface area contributed by atoms with Crippen molar-refractivity contribution in [3.63, 3.8) is 0 Å². The first-order valence-electron chi connectivity index (χ1n) is 5.61. The van der Waals surface area contributed by atoms with Crippen molar-refractivity contribution < 1.29 is 14.1 Å². The molecule has 4 N–H and O–H groups in total. The van der Waals surface area contributed by atoms with E-state index in [1.165, 1.54) is 30.1 Å². The maximum Gasteiger partial charge on any atom is 0.292 e. The van der Waals surface area contributed by atoms with Gasteiger partial charge in [-0.3, -0.25) is 9.59 Å². The quantitative estimate of drug-likeness (QED) is 0.583. The lowest BCUT2D eigenvalue weighted by Crippen LogP contribution is -2.25. The molecule has 112 valence electrons. The van der Waals surface area contributed by atoms with E-state index in [9.17, 15) is 9.59 Å². The summed E-state index contributed by atoms with van der Waals surface area (Å²) in [5, 5.41) is 16.2. The van der Waals surface area contributed by atoms with Gasteiger partial charge in [-0.15, -0.1) is 10.2 Å². The summed E-state index contributed by atoms with van der Waals surface area (Å²) in [6.45, 7) is 0.0433. The molecule has 2 rings (SSSR count). The molecule has 0 aliphatic carbocycles. The largest absolute Gasteiger partial charge is 0.374 e. The molecule has 0 fully saturated rings. The number of hydrogen-bond donors (Lipinski definition) is 3. The van der Waals surface area contributed by atoms with Crippen LogP contribution in [0.1, 0.15) is 16.5 Å². The van der Waals surface area contributed by atoms with Crippen LogP contribution in [0.15, 0.2) is 8.86 Å². The lowest BCUT2D eigenvalue weighted by molar-refractivity contribution is -0.118. The highest BCUT2D eigenvalue weighted by molar-refractivity contribution is 8.01. The fourth-order valence-corrected chi connectivity index (χ4v) is 2.63. The van der Waals surface area contributed by atoms with Crippen LogP contribution in [0.3, 0.4) is 0 Å². The SMILES string of the molecule is CNC(=O)c1noc(CNC(=O)CSc2nnc(N)s2)n1. The fraction of sp³-hybridized carbons (Fsp3) is 0.333. The van der Waals surface area contributed by atoms with Crippen LogP contribution < -0.4 is 16.4 Å². The molecule has 0 radical (unpaired) electrons. The summed E-state index contributed by atoms with van der Waals surface area (Å²) in [4.78, 5) is 26.7. The molecule has 12 heteroatoms. The van der Waals surface area contributed by atoms with Gasteiger partial charge in [-0.25, -0.2) is 0 Å². The number of amides is 2. The molecule has 0 aliphatic heterocycles. The Kier molecular flexibility index (Phi) is 5.05. The maximum absolute atomic E-state index is 11.6. The average molecular weight is 329 g/mol. The highest BCUT2D eigenvalue weighted by Gasteiger charge is 2.13. The van der Waals surface area contributed by atoms with Gasteiger partial charge in [-0.05, 0) is 0 Å². The van der Waals surface area contributed by atoms with Gasteiger partial charge in [0.2, 0.25) is 16.9 Å². The van der Waals surface area contributed by atoms with Gasteiger partial charge in [-0.1, -0.05) is 28.3 Å². The third-order valence-corrected chi connectivity index (χ3v) is 3.97. The van der Waals surface area contributed by atoms with Gasteiger partial charge in [0.25, 0.3) is 11.7 Å². The molecule has 0 saturated heterocycles. The zero-order valence-corrected chi connectivity index (χ0v) is 12.5. The summed E-state index contributed by atoms with van der Waals surface area (Å²) >= 11 is 2.43. The number of nitrogens with zero attached hydrogens (tertiary/aromatic N) is 4. The number of anilines is 1. The van der Waals surface area contributed by atoms with Crippen molar-refractivity contribution in [3.8, 4) is 0 Å². The van der Waals surface area contributed by atoms with Gasteiger partial charge in [-0.2, -0.15) is 4.98 Å². The normalized spacial score (nSPS) is 10.3. The number of hydrogen-bond acceptors (Lipinski definition) is 10. The average Bonchev–Trinajstić information content (AvgIpc) is 3.11. The number of nitrogen functional groups attached to an aromatic ring is 1. The Morgan fingerprint density at radius 1 is 1.43 bits per heavy atom. The van der Waals surface area contributed by atoms with E-state index >= 15 is 0 Å². The third-order valence-electron chi connectivity index (χ3n) is 2.08. The van der Waals surface area contributed by atoms with Crippen molar-refractivity contribution in [1.82, 2.24) is 31.0 Å². The van der Waals surface area contributed by atoms with E-state index < -0.39 is 5.91 Å². The molecule has 10 nitrogen and oxygen atoms in total. The lowest BCUT2D eigenvalue weighted by Gasteiger charge is -1.99. The van der Waals surface area contributed by atoms with Crippen molar-refractivity contribution in [3.05, 3.63) is 11.7 Å². The minimum absolute atomic E-state index is 0.0433. The van der Waals surface area contributed by atoms with Crippen molar-refractivity contribution in [1.29, 1.82) is 0 Å². The summed E-state index contributed by atoms with van der Waals surface area (Å²) in [5.74, 6) is -0.479. The van der Waals surface area contributed by atoms with Crippen molar-refractivity contribution in [2.24, 2.45) is 0 Å². The summed E-state index contributed by atoms with van der Waals surface area (Å²) in [6.07, 6.45) is 0. The number of carbonyl (C=O) groups is 2. The number of rotatable bonds is 6. The predicted molar refractivity (Wildman–Crippen MR) is 74.6 cm³/mol. The van der Waals surface area contributed by atoms with Gasteiger partial charge in [0.15, 0.2) is 4.34 Å². The molecule has 2 aromatic rings. The first-order chi connectivity index (χ1) is 10.1. The summed E-state index contributed by atoms with van der Waals surface area (Å²) in [7, 11) is 1.46. The van der Waals surface area contributed by atoms with Gasteiger partial charge in [0, 0.05) is 7.05 Å². The second-order valence-corrected chi connectivity index (χ2v) is 5.79. The predicted octanol–water partition coefficient (Wildman–Crippen LogP) is -0.729. The van der Waals surface area contributed by atoms with Crippen LogP contribution in [-0.4, -0.2) is 45.0 Å². The number of carbonyl (C=O) groups excluding carboxylic acids is 2. The van der Waals surface area contributed by atoms with Crippen LogP contribution in [0.4, 0.5) is 5.13 Å². The third kappa shape index (κ3) is 4.39. The first-order valence-corrected chi connectivity index (χ1v) is 7.42. The molecule has 0 spiro atoms. The molecule has 0 aromatic carbocycles. The fourth-order valence-electron chi connectivity index (χ4n) is 1.16. The molecule has 0 aliphatic rings. The molecule has 21 heavy (non-hydrogen) atoms. The summed E-state index contributed by atoms with van der Waals surface area (Å²) in [6, 6.07) is 0. The van der Waals surface area contributed by atoms with E-state index in [4.69, 9.17) is 10.3 Å². The Labute approximate surface area is 126 Å². The van der Waals surface area contributed by atoms with Crippen molar-refractivity contribution >= 4 is 40.0 Å². The van der Waals surface area contributed by atoms with Crippen LogP contribution in [-0.2, 0) is 11.3 Å². The highest BCUT2D eigenvalue weighted by atomic mass is 32.2. The van der Waals surface area contributed by atoms with Crippen molar-refractivity contribution in [2.45, 2.75) is 10.9 Å².